The van der Waals surface area contributed by atoms with E-state index in [0.29, 0.717) is 24.1 Å². The molecule has 0 fully saturated rings. The Hall–Kier alpha value is -1.36. The van der Waals surface area contributed by atoms with Gasteiger partial charge in [0.25, 0.3) is 0 Å². The van der Waals surface area contributed by atoms with Crippen LogP contribution in [0.4, 0.5) is 0 Å². The van der Waals surface area contributed by atoms with Crippen LogP contribution in [0.3, 0.4) is 0 Å². The van der Waals surface area contributed by atoms with Crippen LogP contribution in [-0.2, 0) is 14.3 Å². The molecule has 0 saturated heterocycles. The largest absolute Gasteiger partial charge is 0.550 e. The Labute approximate surface area is 102 Å². The minimum atomic E-state index is -1.00. The van der Waals surface area contributed by atoms with Gasteiger partial charge in [0.2, 0.25) is 0 Å². The average molecular weight is 243 g/mol. The summed E-state index contributed by atoms with van der Waals surface area (Å²) in [7, 11) is 4.03. The summed E-state index contributed by atoms with van der Waals surface area (Å²) >= 11 is 0. The summed E-state index contributed by atoms with van der Waals surface area (Å²) in [6.07, 6.45) is 2.68. The predicted octanol–water partition coefficient (Wildman–Crippen LogP) is -0.288. The molecule has 0 rings (SSSR count). The standard InChI is InChI=1S/C12H21NO4/c1-4-12(16)17-10-9-13(2,3)8-6-5-7-11(14)15/h4H,1,5-10H2,2-3H3. The molecule has 5 heteroatoms. The van der Waals surface area contributed by atoms with Crippen molar-refractivity contribution in [2.75, 3.05) is 33.8 Å². The molecule has 5 nitrogen and oxygen atoms in total. The number of carboxylic acids is 1. The number of quaternary nitrogens is 1. The average Bonchev–Trinajstić information content (AvgIpc) is 2.23. The summed E-state index contributed by atoms with van der Waals surface area (Å²) in [4.78, 5) is 21.0. The Kier molecular flexibility index (Phi) is 7.21. The van der Waals surface area contributed by atoms with E-state index in [1.54, 1.807) is 0 Å². The van der Waals surface area contributed by atoms with E-state index in [9.17, 15) is 14.7 Å². The normalized spacial score (nSPS) is 10.9. The Morgan fingerprint density at radius 2 is 1.94 bits per heavy atom. The van der Waals surface area contributed by atoms with Crippen LogP contribution in [0.2, 0.25) is 0 Å². The number of rotatable bonds is 9. The SMILES string of the molecule is C=CC(=O)OCC[N+](C)(C)CCCCC(=O)[O-]. The molecule has 0 spiro atoms. The maximum atomic E-state index is 10.8. The molecule has 0 N–H and O–H groups in total. The Bertz CT molecular complexity index is 274. The first kappa shape index (κ1) is 15.6. The molecular weight excluding hydrogens is 222 g/mol. The van der Waals surface area contributed by atoms with Gasteiger partial charge in [0.15, 0.2) is 0 Å². The number of carbonyl (C=O) groups excluding carboxylic acids is 2. The number of hydrogen-bond acceptors (Lipinski definition) is 4. The topological polar surface area (TPSA) is 66.4 Å². The number of likely N-dealkylation sites (N-methyl/N-ethyl adjacent to an activating group) is 1. The minimum Gasteiger partial charge on any atom is -0.550 e. The lowest BCUT2D eigenvalue weighted by molar-refractivity contribution is -0.890. The summed E-state index contributed by atoms with van der Waals surface area (Å²) in [5, 5.41) is 10.2. The van der Waals surface area contributed by atoms with Gasteiger partial charge in [-0.15, -0.1) is 0 Å². The fourth-order valence-electron chi connectivity index (χ4n) is 1.37. The van der Waals surface area contributed by atoms with Crippen LogP contribution >= 0.6 is 0 Å². The first-order valence-electron chi connectivity index (χ1n) is 5.68. The predicted molar refractivity (Wildman–Crippen MR) is 61.9 cm³/mol. The fourth-order valence-corrected chi connectivity index (χ4v) is 1.37. The number of carbonyl (C=O) groups is 2. The second-order valence-electron chi connectivity index (χ2n) is 4.58. The third-order valence-corrected chi connectivity index (χ3v) is 2.50. The van der Waals surface area contributed by atoms with Crippen molar-refractivity contribution in [2.24, 2.45) is 0 Å². The van der Waals surface area contributed by atoms with E-state index in [1.165, 1.54) is 0 Å². The summed E-state index contributed by atoms with van der Waals surface area (Å²) in [5.41, 5.74) is 0. The van der Waals surface area contributed by atoms with Gasteiger partial charge in [0.05, 0.1) is 20.6 Å². The zero-order valence-corrected chi connectivity index (χ0v) is 10.6. The van der Waals surface area contributed by atoms with Gasteiger partial charge in [-0.05, 0) is 19.3 Å². The van der Waals surface area contributed by atoms with Crippen molar-refractivity contribution in [3.05, 3.63) is 12.7 Å². The van der Waals surface area contributed by atoms with Gasteiger partial charge in [-0.2, -0.15) is 0 Å². The molecule has 0 unspecified atom stereocenters. The van der Waals surface area contributed by atoms with E-state index in [-0.39, 0.29) is 6.42 Å². The number of carboxylic acid groups (broad SMARTS) is 1. The molecule has 0 aromatic heterocycles. The molecule has 0 saturated carbocycles. The molecule has 0 radical (unpaired) electrons. The van der Waals surface area contributed by atoms with E-state index in [2.05, 4.69) is 6.58 Å². The van der Waals surface area contributed by atoms with Crippen molar-refractivity contribution in [1.82, 2.24) is 0 Å². The molecule has 0 aliphatic heterocycles. The van der Waals surface area contributed by atoms with Crippen LogP contribution in [0.15, 0.2) is 12.7 Å². The Morgan fingerprint density at radius 3 is 2.47 bits per heavy atom. The van der Waals surface area contributed by atoms with Crippen LogP contribution in [0.5, 0.6) is 0 Å². The molecule has 17 heavy (non-hydrogen) atoms. The van der Waals surface area contributed by atoms with Gasteiger partial charge < -0.3 is 19.1 Å². The molecule has 0 amide bonds. The lowest BCUT2D eigenvalue weighted by Gasteiger charge is -2.29. The Balaban J connectivity index is 3.68. The lowest BCUT2D eigenvalue weighted by Crippen LogP contribution is -2.43. The molecule has 0 atom stereocenters. The summed E-state index contributed by atoms with van der Waals surface area (Å²) in [6, 6.07) is 0. The molecule has 0 aliphatic rings. The number of hydrogen-bond donors (Lipinski definition) is 0. The maximum absolute atomic E-state index is 10.8. The number of ether oxygens (including phenoxy) is 1. The van der Waals surface area contributed by atoms with Crippen LogP contribution in [0.25, 0.3) is 0 Å². The highest BCUT2D eigenvalue weighted by Crippen LogP contribution is 2.03. The molecule has 0 aliphatic carbocycles. The van der Waals surface area contributed by atoms with Crippen molar-refractivity contribution >= 4 is 11.9 Å². The van der Waals surface area contributed by atoms with Crippen LogP contribution in [0, 0.1) is 0 Å². The van der Waals surface area contributed by atoms with E-state index >= 15 is 0 Å². The van der Waals surface area contributed by atoms with E-state index in [0.717, 1.165) is 19.0 Å². The van der Waals surface area contributed by atoms with E-state index in [4.69, 9.17) is 4.74 Å². The van der Waals surface area contributed by atoms with Crippen molar-refractivity contribution in [3.63, 3.8) is 0 Å². The number of unbranched alkanes of at least 4 members (excludes halogenated alkanes) is 1. The first-order valence-corrected chi connectivity index (χ1v) is 5.68. The van der Waals surface area contributed by atoms with Gasteiger partial charge in [-0.3, -0.25) is 0 Å². The van der Waals surface area contributed by atoms with Gasteiger partial charge in [-0.1, -0.05) is 6.58 Å². The lowest BCUT2D eigenvalue weighted by atomic mass is 10.2. The second-order valence-corrected chi connectivity index (χ2v) is 4.58. The van der Waals surface area contributed by atoms with Crippen molar-refractivity contribution in [3.8, 4) is 0 Å². The number of nitrogens with zero attached hydrogens (tertiary/aromatic N) is 1. The number of aliphatic carboxylic acids is 1. The zero-order chi connectivity index (χ0) is 13.3. The Morgan fingerprint density at radius 1 is 1.29 bits per heavy atom. The molecule has 0 bridgehead atoms. The van der Waals surface area contributed by atoms with Crippen LogP contribution in [-0.4, -0.2) is 50.2 Å². The highest BCUT2D eigenvalue weighted by atomic mass is 16.5. The molecule has 0 heterocycles. The first-order chi connectivity index (χ1) is 7.87. The number of esters is 1. The third-order valence-electron chi connectivity index (χ3n) is 2.50. The minimum absolute atomic E-state index is 0.103. The van der Waals surface area contributed by atoms with Gasteiger partial charge in [0, 0.05) is 12.0 Å². The molecular formula is C12H21NO4. The highest BCUT2D eigenvalue weighted by molar-refractivity contribution is 5.81. The monoisotopic (exact) mass is 243 g/mol. The highest BCUT2D eigenvalue weighted by Gasteiger charge is 2.14. The second kappa shape index (κ2) is 7.84. The summed E-state index contributed by atoms with van der Waals surface area (Å²) in [5.74, 6) is -1.42. The van der Waals surface area contributed by atoms with Crippen LogP contribution in [0.1, 0.15) is 19.3 Å². The van der Waals surface area contributed by atoms with Crippen molar-refractivity contribution in [2.45, 2.75) is 19.3 Å². The third kappa shape index (κ3) is 9.56. The summed E-state index contributed by atoms with van der Waals surface area (Å²) < 4.78 is 5.59. The van der Waals surface area contributed by atoms with Crippen molar-refractivity contribution in [1.29, 1.82) is 0 Å². The van der Waals surface area contributed by atoms with Crippen molar-refractivity contribution < 1.29 is 23.9 Å². The van der Waals surface area contributed by atoms with E-state index in [1.807, 2.05) is 14.1 Å². The van der Waals surface area contributed by atoms with Gasteiger partial charge >= 0.3 is 5.97 Å². The summed E-state index contributed by atoms with van der Waals surface area (Å²) in [6.45, 7) is 5.20. The quantitative estimate of drug-likeness (QED) is 0.242. The van der Waals surface area contributed by atoms with Crippen LogP contribution < -0.4 is 5.11 Å². The molecule has 98 valence electrons. The van der Waals surface area contributed by atoms with Gasteiger partial charge in [-0.25, -0.2) is 4.79 Å². The molecule has 0 aromatic carbocycles. The fraction of sp³-hybridized carbons (Fsp3) is 0.667. The smallest absolute Gasteiger partial charge is 0.330 e. The van der Waals surface area contributed by atoms with Gasteiger partial charge in [0.1, 0.15) is 13.2 Å². The zero-order valence-electron chi connectivity index (χ0n) is 10.6. The molecule has 0 aromatic rings. The maximum Gasteiger partial charge on any atom is 0.330 e. The van der Waals surface area contributed by atoms with E-state index < -0.39 is 11.9 Å².